The van der Waals surface area contributed by atoms with Gasteiger partial charge in [0.2, 0.25) is 5.78 Å². The molecule has 1 aromatic heterocycles. The van der Waals surface area contributed by atoms with Crippen LogP contribution in [0, 0.1) is 0 Å². The van der Waals surface area contributed by atoms with Crippen LogP contribution in [0.1, 0.15) is 9.67 Å². The fourth-order valence-corrected chi connectivity index (χ4v) is 1.27. The molecular weight excluding hydrogens is 164 g/mol. The summed E-state index contributed by atoms with van der Waals surface area (Å²) < 4.78 is 4.30. The van der Waals surface area contributed by atoms with E-state index in [1.807, 2.05) is 0 Å². The number of hydrogen-bond acceptors (Lipinski definition) is 4. The Labute approximate surface area is 67.6 Å². The number of carbonyl (C=O) groups excluding carboxylic acids is 2. The Morgan fingerprint density at radius 3 is 3.09 bits per heavy atom. The Balaban J connectivity index is 2.49. The Morgan fingerprint density at radius 1 is 1.73 bits per heavy atom. The molecule has 0 amide bonds. The summed E-state index contributed by atoms with van der Waals surface area (Å²) in [4.78, 5) is 21.3. The molecule has 3 nitrogen and oxygen atoms in total. The molecule has 0 aliphatic heterocycles. The fraction of sp³-hybridized carbons (Fsp3) is 0.143. The number of ketones is 1. The first-order valence-electron chi connectivity index (χ1n) is 2.96. The van der Waals surface area contributed by atoms with E-state index in [1.165, 1.54) is 11.3 Å². The highest BCUT2D eigenvalue weighted by Crippen LogP contribution is 2.08. The van der Waals surface area contributed by atoms with E-state index in [1.54, 1.807) is 17.5 Å². The van der Waals surface area contributed by atoms with Crippen LogP contribution in [0.4, 0.5) is 0 Å². The van der Waals surface area contributed by atoms with E-state index in [2.05, 4.69) is 4.74 Å². The Bertz CT molecular complexity index is 240. The lowest BCUT2D eigenvalue weighted by Gasteiger charge is -1.93. The van der Waals surface area contributed by atoms with Gasteiger partial charge in [0.05, 0.1) is 4.88 Å². The van der Waals surface area contributed by atoms with Gasteiger partial charge in [0, 0.05) is 0 Å². The van der Waals surface area contributed by atoms with E-state index in [0.717, 1.165) is 0 Å². The smallest absolute Gasteiger partial charge is 0.293 e. The zero-order chi connectivity index (χ0) is 8.10. The van der Waals surface area contributed by atoms with Crippen LogP contribution >= 0.6 is 11.3 Å². The molecule has 0 atom stereocenters. The predicted octanol–water partition coefficient (Wildman–Crippen LogP) is 1.10. The van der Waals surface area contributed by atoms with Crippen molar-refractivity contribution in [1.82, 2.24) is 0 Å². The van der Waals surface area contributed by atoms with Gasteiger partial charge in [-0.25, -0.2) is 0 Å². The van der Waals surface area contributed by atoms with E-state index in [4.69, 9.17) is 0 Å². The molecule has 4 heteroatoms. The molecule has 1 rings (SSSR count). The van der Waals surface area contributed by atoms with Gasteiger partial charge in [0.1, 0.15) is 0 Å². The van der Waals surface area contributed by atoms with Gasteiger partial charge in [-0.1, -0.05) is 6.07 Å². The van der Waals surface area contributed by atoms with E-state index in [0.29, 0.717) is 4.88 Å². The molecule has 58 valence electrons. The summed E-state index contributed by atoms with van der Waals surface area (Å²) >= 11 is 1.34. The average molecular weight is 170 g/mol. The average Bonchev–Trinajstić information content (AvgIpc) is 2.52. The Kier molecular flexibility index (Phi) is 2.80. The lowest BCUT2D eigenvalue weighted by atomic mass is 10.3. The molecule has 11 heavy (non-hydrogen) atoms. The molecule has 0 aliphatic carbocycles. The van der Waals surface area contributed by atoms with Gasteiger partial charge >= 0.3 is 0 Å². The molecule has 0 bridgehead atoms. The van der Waals surface area contributed by atoms with Gasteiger partial charge in [0.25, 0.3) is 6.47 Å². The summed E-state index contributed by atoms with van der Waals surface area (Å²) in [7, 11) is 0. The van der Waals surface area contributed by atoms with Crippen molar-refractivity contribution in [3.05, 3.63) is 22.4 Å². The summed E-state index contributed by atoms with van der Waals surface area (Å²) in [5.41, 5.74) is 0. The highest BCUT2D eigenvalue weighted by molar-refractivity contribution is 7.12. The molecule has 1 heterocycles. The lowest BCUT2D eigenvalue weighted by Crippen LogP contribution is -2.05. The maximum atomic E-state index is 11.0. The molecule has 1 aromatic rings. The van der Waals surface area contributed by atoms with Crippen molar-refractivity contribution in [3.63, 3.8) is 0 Å². The van der Waals surface area contributed by atoms with Crippen molar-refractivity contribution in [3.8, 4) is 0 Å². The third-order valence-corrected chi connectivity index (χ3v) is 1.99. The van der Waals surface area contributed by atoms with Crippen LogP contribution in [0.5, 0.6) is 0 Å². The number of carbonyl (C=O) groups is 2. The van der Waals surface area contributed by atoms with Crippen LogP contribution < -0.4 is 0 Å². The number of Topliss-reactive ketones (excluding diaryl/α,β-unsaturated/α-hetero) is 1. The second kappa shape index (κ2) is 3.88. The summed E-state index contributed by atoms with van der Waals surface area (Å²) in [6.07, 6.45) is 0. The lowest BCUT2D eigenvalue weighted by molar-refractivity contribution is -0.127. The first kappa shape index (κ1) is 7.94. The van der Waals surface area contributed by atoms with Crippen LogP contribution in [0.2, 0.25) is 0 Å². The van der Waals surface area contributed by atoms with Gasteiger partial charge in [0.15, 0.2) is 6.61 Å². The van der Waals surface area contributed by atoms with Crippen molar-refractivity contribution in [2.75, 3.05) is 6.61 Å². The molecule has 0 saturated heterocycles. The largest absolute Gasteiger partial charge is 0.459 e. The number of rotatable bonds is 4. The zero-order valence-electron chi connectivity index (χ0n) is 5.65. The minimum atomic E-state index is -0.163. The van der Waals surface area contributed by atoms with Gasteiger partial charge in [-0.05, 0) is 11.4 Å². The van der Waals surface area contributed by atoms with Crippen LogP contribution in [-0.4, -0.2) is 18.9 Å². The molecule has 0 spiro atoms. The van der Waals surface area contributed by atoms with Crippen molar-refractivity contribution in [2.45, 2.75) is 0 Å². The molecular formula is C7H6O3S. The van der Waals surface area contributed by atoms with Gasteiger partial charge in [-0.2, -0.15) is 0 Å². The maximum Gasteiger partial charge on any atom is 0.293 e. The van der Waals surface area contributed by atoms with Crippen molar-refractivity contribution in [1.29, 1.82) is 0 Å². The Morgan fingerprint density at radius 2 is 2.55 bits per heavy atom. The van der Waals surface area contributed by atoms with Crippen LogP contribution in [0.25, 0.3) is 0 Å². The normalized spacial score (nSPS) is 9.09. The number of thiophene rings is 1. The van der Waals surface area contributed by atoms with Gasteiger partial charge in [-0.15, -0.1) is 11.3 Å². The predicted molar refractivity (Wildman–Crippen MR) is 40.7 cm³/mol. The molecule has 0 saturated carbocycles. The number of ether oxygens (including phenoxy) is 1. The van der Waals surface area contributed by atoms with E-state index < -0.39 is 0 Å². The van der Waals surface area contributed by atoms with Crippen molar-refractivity contribution < 1.29 is 14.3 Å². The third-order valence-electron chi connectivity index (χ3n) is 1.08. The monoisotopic (exact) mass is 170 g/mol. The first-order chi connectivity index (χ1) is 5.34. The fourth-order valence-electron chi connectivity index (χ4n) is 0.618. The van der Waals surface area contributed by atoms with Crippen LogP contribution in [0.15, 0.2) is 17.5 Å². The standard InChI is InChI=1S/C7H6O3S/c8-5-10-4-6(9)7-2-1-3-11-7/h1-3,5H,4H2. The van der Waals surface area contributed by atoms with Crippen molar-refractivity contribution in [2.24, 2.45) is 0 Å². The van der Waals surface area contributed by atoms with E-state index in [9.17, 15) is 9.59 Å². The van der Waals surface area contributed by atoms with Gasteiger partial charge in [-0.3, -0.25) is 9.59 Å². The topological polar surface area (TPSA) is 43.4 Å². The molecule has 0 unspecified atom stereocenters. The first-order valence-corrected chi connectivity index (χ1v) is 3.84. The second-order valence-corrected chi connectivity index (χ2v) is 2.76. The van der Waals surface area contributed by atoms with Crippen LogP contribution in [-0.2, 0) is 9.53 Å². The molecule has 0 aliphatic rings. The highest BCUT2D eigenvalue weighted by atomic mass is 32.1. The molecule has 0 N–H and O–H groups in total. The summed E-state index contributed by atoms with van der Waals surface area (Å²) in [5.74, 6) is -0.160. The SMILES string of the molecule is O=COCC(=O)c1cccs1. The quantitative estimate of drug-likeness (QED) is 0.502. The van der Waals surface area contributed by atoms with Crippen LogP contribution in [0.3, 0.4) is 0 Å². The third kappa shape index (κ3) is 2.16. The van der Waals surface area contributed by atoms with E-state index >= 15 is 0 Å². The number of hydrogen-bond donors (Lipinski definition) is 0. The summed E-state index contributed by atoms with van der Waals surface area (Å²) in [6, 6.07) is 3.47. The zero-order valence-corrected chi connectivity index (χ0v) is 6.47. The van der Waals surface area contributed by atoms with Gasteiger partial charge < -0.3 is 4.74 Å². The molecule has 0 fully saturated rings. The minimum absolute atomic E-state index is 0.160. The Hall–Kier alpha value is -1.16. The minimum Gasteiger partial charge on any atom is -0.459 e. The van der Waals surface area contributed by atoms with Crippen molar-refractivity contribution >= 4 is 23.6 Å². The molecule has 0 aromatic carbocycles. The molecule has 0 radical (unpaired) electrons. The second-order valence-electron chi connectivity index (χ2n) is 1.81. The summed E-state index contributed by atoms with van der Waals surface area (Å²) in [6.45, 7) is 0.107. The summed E-state index contributed by atoms with van der Waals surface area (Å²) in [5, 5.41) is 1.80. The highest BCUT2D eigenvalue weighted by Gasteiger charge is 2.05. The van der Waals surface area contributed by atoms with E-state index in [-0.39, 0.29) is 18.9 Å². The maximum absolute atomic E-state index is 11.0.